The van der Waals surface area contributed by atoms with E-state index in [1.165, 1.54) is 40.9 Å². The van der Waals surface area contributed by atoms with Gasteiger partial charge in [-0.15, -0.1) is 0 Å². The molecular formula is C19H14F4N6O. The molecule has 0 bridgehead atoms. The Kier molecular flexibility index (Phi) is 4.74. The molecule has 154 valence electrons. The largest absolute Gasteiger partial charge is 0.416 e. The molecule has 0 saturated carbocycles. The fraction of sp³-hybridized carbons (Fsp3) is 0.105. The van der Waals surface area contributed by atoms with E-state index in [1.54, 1.807) is 0 Å². The van der Waals surface area contributed by atoms with E-state index in [4.69, 9.17) is 5.73 Å². The summed E-state index contributed by atoms with van der Waals surface area (Å²) in [7, 11) is 0. The van der Waals surface area contributed by atoms with E-state index in [2.05, 4.69) is 20.3 Å². The van der Waals surface area contributed by atoms with Gasteiger partial charge in [0.25, 0.3) is 0 Å². The van der Waals surface area contributed by atoms with Crippen LogP contribution in [0.1, 0.15) is 11.3 Å². The molecule has 4 rings (SSSR count). The Bertz CT molecular complexity index is 1220. The maximum Gasteiger partial charge on any atom is 0.416 e. The number of nitrogens with two attached hydrogens (primary N) is 1. The predicted molar refractivity (Wildman–Crippen MR) is 101 cm³/mol. The molecule has 30 heavy (non-hydrogen) atoms. The van der Waals surface area contributed by atoms with E-state index < -0.39 is 24.2 Å². The molecule has 0 saturated heterocycles. The van der Waals surface area contributed by atoms with Crippen LogP contribution in [0.25, 0.3) is 17.2 Å². The van der Waals surface area contributed by atoms with E-state index in [1.807, 2.05) is 0 Å². The lowest BCUT2D eigenvalue weighted by atomic mass is 10.2. The Hall–Kier alpha value is -3.73. The first-order valence-electron chi connectivity index (χ1n) is 8.61. The third-order valence-corrected chi connectivity index (χ3v) is 4.25. The molecule has 7 nitrogen and oxygen atoms in total. The summed E-state index contributed by atoms with van der Waals surface area (Å²) in [6.07, 6.45) is -3.27. The van der Waals surface area contributed by atoms with Gasteiger partial charge in [0, 0.05) is 18.0 Å². The van der Waals surface area contributed by atoms with Gasteiger partial charge >= 0.3 is 6.18 Å². The van der Waals surface area contributed by atoms with E-state index in [9.17, 15) is 22.7 Å². The van der Waals surface area contributed by atoms with Gasteiger partial charge in [-0.05, 0) is 36.4 Å². The first-order valence-corrected chi connectivity index (χ1v) is 8.61. The van der Waals surface area contributed by atoms with Gasteiger partial charge in [-0.3, -0.25) is 4.40 Å². The summed E-state index contributed by atoms with van der Waals surface area (Å²) in [5.74, 6) is -0.207. The number of aromatic nitrogens is 4. The highest BCUT2D eigenvalue weighted by molar-refractivity contribution is 5.67. The van der Waals surface area contributed by atoms with Crippen LogP contribution in [0.2, 0.25) is 0 Å². The molecule has 3 heterocycles. The van der Waals surface area contributed by atoms with Gasteiger partial charge in [-0.2, -0.15) is 13.2 Å². The zero-order valence-corrected chi connectivity index (χ0v) is 15.2. The zero-order chi connectivity index (χ0) is 21.5. The molecule has 0 spiro atoms. The van der Waals surface area contributed by atoms with Crippen molar-refractivity contribution in [3.8, 4) is 11.5 Å². The third-order valence-electron chi connectivity index (χ3n) is 4.25. The van der Waals surface area contributed by atoms with Crippen molar-refractivity contribution >= 4 is 23.0 Å². The zero-order valence-electron chi connectivity index (χ0n) is 15.2. The Morgan fingerprint density at radius 1 is 1.03 bits per heavy atom. The van der Waals surface area contributed by atoms with Gasteiger partial charge in [-0.1, -0.05) is 0 Å². The standard InChI is InChI=1S/C19H14F4N6O/c20-11-3-6-16-26-13(9-30)17(29(16)8-11)18-27-14(24)7-15(28-18)25-12-4-1-10(2-5-12)19(21,22)23/h1-8,30H,9H2,(H3,24,25,27,28). The van der Waals surface area contributed by atoms with Crippen molar-refractivity contribution in [2.45, 2.75) is 12.8 Å². The van der Waals surface area contributed by atoms with Crippen molar-refractivity contribution in [1.82, 2.24) is 19.4 Å². The molecule has 0 aliphatic heterocycles. The van der Waals surface area contributed by atoms with Crippen molar-refractivity contribution in [2.75, 3.05) is 11.1 Å². The average Bonchev–Trinajstić information content (AvgIpc) is 3.05. The number of halogens is 4. The van der Waals surface area contributed by atoms with E-state index in [0.29, 0.717) is 11.3 Å². The summed E-state index contributed by atoms with van der Waals surface area (Å²) in [6, 6.07) is 8.43. The maximum absolute atomic E-state index is 13.7. The van der Waals surface area contributed by atoms with Crippen LogP contribution >= 0.6 is 0 Å². The molecule has 1 aromatic carbocycles. The molecule has 0 aliphatic carbocycles. The van der Waals surface area contributed by atoms with Crippen LogP contribution in [0.3, 0.4) is 0 Å². The van der Waals surface area contributed by atoms with Crippen LogP contribution in [0.15, 0.2) is 48.7 Å². The molecule has 0 atom stereocenters. The minimum absolute atomic E-state index is 0.0599. The molecule has 3 aromatic heterocycles. The average molecular weight is 418 g/mol. The van der Waals surface area contributed by atoms with Crippen LogP contribution in [-0.4, -0.2) is 24.5 Å². The van der Waals surface area contributed by atoms with Gasteiger partial charge in [0.15, 0.2) is 5.82 Å². The summed E-state index contributed by atoms with van der Waals surface area (Å²) < 4.78 is 53.3. The predicted octanol–water partition coefficient (Wildman–Crippen LogP) is 3.77. The number of nitrogens with zero attached hydrogens (tertiary/aromatic N) is 4. The van der Waals surface area contributed by atoms with Gasteiger partial charge in [0.1, 0.15) is 28.8 Å². The lowest BCUT2D eigenvalue weighted by Crippen LogP contribution is -2.05. The van der Waals surface area contributed by atoms with Gasteiger partial charge in [0.2, 0.25) is 0 Å². The Morgan fingerprint density at radius 2 is 1.77 bits per heavy atom. The van der Waals surface area contributed by atoms with Crippen molar-refractivity contribution in [3.63, 3.8) is 0 Å². The lowest BCUT2D eigenvalue weighted by Gasteiger charge is -2.11. The molecule has 4 N–H and O–H groups in total. The number of anilines is 3. The summed E-state index contributed by atoms with van der Waals surface area (Å²) in [6.45, 7) is -0.446. The minimum Gasteiger partial charge on any atom is -0.390 e. The number of fused-ring (bicyclic) bond motifs is 1. The second-order valence-corrected chi connectivity index (χ2v) is 6.34. The van der Waals surface area contributed by atoms with Gasteiger partial charge < -0.3 is 16.2 Å². The van der Waals surface area contributed by atoms with E-state index in [0.717, 1.165) is 12.1 Å². The molecule has 0 aliphatic rings. The smallest absolute Gasteiger partial charge is 0.390 e. The Balaban J connectivity index is 1.74. The number of alkyl halides is 3. The number of hydrogen-bond donors (Lipinski definition) is 3. The number of nitrogen functional groups attached to an aromatic ring is 1. The van der Waals surface area contributed by atoms with Crippen LogP contribution in [0.4, 0.5) is 34.9 Å². The second kappa shape index (κ2) is 7.26. The Labute approximate surface area is 166 Å². The van der Waals surface area contributed by atoms with E-state index >= 15 is 0 Å². The molecular weight excluding hydrogens is 404 g/mol. The summed E-state index contributed by atoms with van der Waals surface area (Å²) >= 11 is 0. The monoisotopic (exact) mass is 418 g/mol. The fourth-order valence-corrected chi connectivity index (χ4v) is 2.94. The topological polar surface area (TPSA) is 101 Å². The number of aliphatic hydroxyl groups excluding tert-OH is 1. The number of imidazole rings is 1. The quantitative estimate of drug-likeness (QED) is 0.436. The highest BCUT2D eigenvalue weighted by Crippen LogP contribution is 2.31. The third kappa shape index (κ3) is 3.74. The van der Waals surface area contributed by atoms with Crippen molar-refractivity contribution in [3.05, 3.63) is 65.7 Å². The number of aliphatic hydroxyl groups is 1. The number of pyridine rings is 1. The highest BCUT2D eigenvalue weighted by Gasteiger charge is 2.30. The number of nitrogens with one attached hydrogen (secondary N) is 1. The lowest BCUT2D eigenvalue weighted by molar-refractivity contribution is -0.137. The molecule has 0 fully saturated rings. The van der Waals surface area contributed by atoms with Gasteiger partial charge in [0.05, 0.1) is 17.9 Å². The fourth-order valence-electron chi connectivity index (χ4n) is 2.94. The first kappa shape index (κ1) is 19.6. The van der Waals surface area contributed by atoms with Crippen LogP contribution < -0.4 is 11.1 Å². The molecule has 0 radical (unpaired) electrons. The van der Waals surface area contributed by atoms with Crippen LogP contribution in [0.5, 0.6) is 0 Å². The van der Waals surface area contributed by atoms with Crippen LogP contribution in [0, 0.1) is 5.82 Å². The second-order valence-electron chi connectivity index (χ2n) is 6.34. The molecule has 4 aromatic rings. The van der Waals surface area contributed by atoms with E-state index in [-0.39, 0.29) is 28.8 Å². The normalized spacial score (nSPS) is 11.8. The number of benzene rings is 1. The molecule has 0 unspecified atom stereocenters. The van der Waals surface area contributed by atoms with Crippen molar-refractivity contribution < 1.29 is 22.7 Å². The van der Waals surface area contributed by atoms with Crippen molar-refractivity contribution in [2.24, 2.45) is 0 Å². The SMILES string of the molecule is Nc1cc(Nc2ccc(C(F)(F)F)cc2)nc(-c2c(CO)nc3ccc(F)cn23)n1. The minimum atomic E-state index is -4.44. The summed E-state index contributed by atoms with van der Waals surface area (Å²) in [5.41, 5.74) is 6.26. The van der Waals surface area contributed by atoms with Crippen LogP contribution in [-0.2, 0) is 12.8 Å². The highest BCUT2D eigenvalue weighted by atomic mass is 19.4. The summed E-state index contributed by atoms with van der Waals surface area (Å²) in [5, 5.41) is 12.5. The summed E-state index contributed by atoms with van der Waals surface area (Å²) in [4.78, 5) is 12.7. The van der Waals surface area contributed by atoms with Gasteiger partial charge in [-0.25, -0.2) is 19.3 Å². The number of rotatable bonds is 4. The molecule has 0 amide bonds. The number of hydrogen-bond acceptors (Lipinski definition) is 6. The maximum atomic E-state index is 13.7. The molecule has 11 heteroatoms. The Morgan fingerprint density at radius 3 is 2.43 bits per heavy atom. The first-order chi connectivity index (χ1) is 14.2. The van der Waals surface area contributed by atoms with Crippen molar-refractivity contribution in [1.29, 1.82) is 0 Å².